The van der Waals surface area contributed by atoms with Gasteiger partial charge in [0.25, 0.3) is 0 Å². The number of hydrogen-bond acceptors (Lipinski definition) is 5. The van der Waals surface area contributed by atoms with E-state index in [9.17, 15) is 4.79 Å². The summed E-state index contributed by atoms with van der Waals surface area (Å²) < 4.78 is 5.13. The molecule has 0 amide bonds. The van der Waals surface area contributed by atoms with Crippen molar-refractivity contribution in [3.05, 3.63) is 5.76 Å². The first-order chi connectivity index (χ1) is 5.78. The predicted molar refractivity (Wildman–Crippen MR) is 46.7 cm³/mol. The Hall–Kier alpha value is -0.870. The minimum atomic E-state index is -1.44. The van der Waals surface area contributed by atoms with Crippen LogP contribution in [0.3, 0.4) is 0 Å². The van der Waals surface area contributed by atoms with Crippen molar-refractivity contribution in [3.8, 4) is 0 Å². The summed E-state index contributed by atoms with van der Waals surface area (Å²) in [6, 6.07) is 0. The van der Waals surface area contributed by atoms with Crippen molar-refractivity contribution < 1.29 is 19.7 Å². The Morgan fingerprint density at radius 1 is 1.54 bits per heavy atom. The molecule has 0 radical (unpaired) electrons. The van der Waals surface area contributed by atoms with Crippen molar-refractivity contribution in [1.29, 1.82) is 0 Å². The molecule has 0 aliphatic rings. The summed E-state index contributed by atoms with van der Waals surface area (Å²) in [6.45, 7) is 5.13. The topological polar surface area (TPSA) is 92.8 Å². The average molecular weight is 189 g/mol. The zero-order valence-corrected chi connectivity index (χ0v) is 7.94. The van der Waals surface area contributed by atoms with Gasteiger partial charge in [0.1, 0.15) is 6.23 Å². The van der Waals surface area contributed by atoms with E-state index in [4.69, 9.17) is 20.7 Å². The summed E-state index contributed by atoms with van der Waals surface area (Å²) in [4.78, 5) is 10.1. The normalized spacial score (nSPS) is 16.1. The maximum absolute atomic E-state index is 10.1. The molecule has 4 N–H and O–H groups in total. The van der Waals surface area contributed by atoms with E-state index in [1.807, 2.05) is 0 Å². The summed E-state index contributed by atoms with van der Waals surface area (Å²) >= 11 is 0. The van der Waals surface area contributed by atoms with Crippen molar-refractivity contribution in [2.75, 3.05) is 0 Å². The van der Waals surface area contributed by atoms with Gasteiger partial charge in [-0.1, -0.05) is 0 Å². The van der Waals surface area contributed by atoms with Crippen molar-refractivity contribution in [3.63, 3.8) is 0 Å². The summed E-state index contributed by atoms with van der Waals surface area (Å²) in [5.74, 6) is 0.495. The Kier molecular flexibility index (Phi) is 4.10. The third kappa shape index (κ3) is 4.65. The quantitative estimate of drug-likeness (QED) is 0.322. The Morgan fingerprint density at radius 2 is 2.00 bits per heavy atom. The molecule has 0 bridgehead atoms. The fraction of sp³-hybridized carbons (Fsp3) is 0.750. The molecule has 13 heavy (non-hydrogen) atoms. The van der Waals surface area contributed by atoms with Crippen LogP contribution in [0, 0.1) is 0 Å². The first-order valence-electron chi connectivity index (χ1n) is 3.83. The molecule has 0 aromatic rings. The highest BCUT2D eigenvalue weighted by molar-refractivity contribution is 5.50. The van der Waals surface area contributed by atoms with Crippen molar-refractivity contribution in [2.45, 2.75) is 38.7 Å². The molecule has 76 valence electrons. The van der Waals surface area contributed by atoms with Crippen LogP contribution in [0.5, 0.6) is 0 Å². The Morgan fingerprint density at radius 3 is 2.23 bits per heavy atom. The molecule has 2 unspecified atom stereocenters. The van der Waals surface area contributed by atoms with Crippen molar-refractivity contribution in [2.24, 2.45) is 5.73 Å². The van der Waals surface area contributed by atoms with Gasteiger partial charge < -0.3 is 20.7 Å². The van der Waals surface area contributed by atoms with Crippen LogP contribution in [0.2, 0.25) is 0 Å². The molecule has 0 saturated carbocycles. The Bertz CT molecular complexity index is 213. The second kappa shape index (κ2) is 4.39. The molecule has 5 nitrogen and oxygen atoms in total. The zero-order valence-electron chi connectivity index (χ0n) is 7.94. The predicted octanol–water partition coefficient (Wildman–Crippen LogP) is -0.279. The first kappa shape index (κ1) is 12.1. The molecule has 2 atom stereocenters. The maximum Gasteiger partial charge on any atom is 0.210 e. The lowest BCUT2D eigenvalue weighted by molar-refractivity contribution is -0.104. The fourth-order valence-electron chi connectivity index (χ4n) is 0.726. The van der Waals surface area contributed by atoms with Gasteiger partial charge >= 0.3 is 0 Å². The van der Waals surface area contributed by atoms with E-state index in [0.29, 0.717) is 0 Å². The molecule has 5 heteroatoms. The zero-order chi connectivity index (χ0) is 10.6. The van der Waals surface area contributed by atoms with Crippen molar-refractivity contribution in [1.82, 2.24) is 0 Å². The van der Waals surface area contributed by atoms with Crippen molar-refractivity contribution >= 4 is 5.94 Å². The van der Waals surface area contributed by atoms with Gasteiger partial charge in [0.2, 0.25) is 5.76 Å². The summed E-state index contributed by atoms with van der Waals surface area (Å²) in [7, 11) is 0. The van der Waals surface area contributed by atoms with E-state index in [1.165, 1.54) is 5.94 Å². The van der Waals surface area contributed by atoms with Crippen LogP contribution in [0.25, 0.3) is 0 Å². The van der Waals surface area contributed by atoms with E-state index in [0.717, 1.165) is 0 Å². The lowest BCUT2D eigenvalue weighted by atomic mass is 10.1. The third-order valence-electron chi connectivity index (χ3n) is 1.16. The highest BCUT2D eigenvalue weighted by Gasteiger charge is 2.27. The number of ether oxygens (including phenoxy) is 1. The highest BCUT2D eigenvalue weighted by Crippen LogP contribution is 2.15. The number of carbonyl (C=O) groups excluding carboxylic acids is 1. The van der Waals surface area contributed by atoms with Gasteiger partial charge in [-0.2, -0.15) is 0 Å². The molecule has 0 aliphatic carbocycles. The van der Waals surface area contributed by atoms with E-state index in [2.05, 4.69) is 0 Å². The van der Waals surface area contributed by atoms with Crippen LogP contribution in [0.4, 0.5) is 0 Å². The van der Waals surface area contributed by atoms with Crippen LogP contribution in [0.15, 0.2) is 5.76 Å². The van der Waals surface area contributed by atoms with Crippen LogP contribution in [-0.4, -0.2) is 34.1 Å². The molecule has 0 aliphatic heterocycles. The molecule has 0 aromatic heterocycles. The lowest BCUT2D eigenvalue weighted by Crippen LogP contribution is -2.42. The SMILES string of the molecule is CC(C)(C)OC(C(O)=C=O)C(N)O. The van der Waals surface area contributed by atoms with Crippen LogP contribution in [0.1, 0.15) is 20.8 Å². The van der Waals surface area contributed by atoms with Crippen LogP contribution in [-0.2, 0) is 9.53 Å². The van der Waals surface area contributed by atoms with E-state index < -0.39 is 23.7 Å². The average Bonchev–Trinajstić information content (AvgIpc) is 1.96. The smallest absolute Gasteiger partial charge is 0.210 e. The number of nitrogens with two attached hydrogens (primary N) is 1. The standard InChI is InChI=1S/C8H15NO4/c1-8(2,3)13-6(7(9)12)5(11)4-10/h6-7,11-12H,9H2,1-3H3. The fourth-order valence-corrected chi connectivity index (χ4v) is 0.726. The molecule has 0 aromatic carbocycles. The van der Waals surface area contributed by atoms with E-state index in [-0.39, 0.29) is 0 Å². The van der Waals surface area contributed by atoms with Gasteiger partial charge in [-0.3, -0.25) is 0 Å². The maximum atomic E-state index is 10.1. The number of hydrogen-bond donors (Lipinski definition) is 3. The van der Waals surface area contributed by atoms with Gasteiger partial charge in [0.15, 0.2) is 12.0 Å². The Balaban J connectivity index is 4.55. The monoisotopic (exact) mass is 189 g/mol. The lowest BCUT2D eigenvalue weighted by Gasteiger charge is -2.27. The summed E-state index contributed by atoms with van der Waals surface area (Å²) in [5.41, 5.74) is 4.48. The van der Waals surface area contributed by atoms with Crippen LogP contribution >= 0.6 is 0 Å². The van der Waals surface area contributed by atoms with Gasteiger partial charge in [-0.25, -0.2) is 4.79 Å². The second-order valence-corrected chi connectivity index (χ2v) is 3.63. The number of aliphatic hydroxyl groups excluding tert-OH is 2. The number of aliphatic hydroxyl groups is 2. The molecular weight excluding hydrogens is 174 g/mol. The highest BCUT2D eigenvalue weighted by atomic mass is 16.5. The van der Waals surface area contributed by atoms with Gasteiger partial charge in [0, 0.05) is 0 Å². The molecule has 0 heterocycles. The van der Waals surface area contributed by atoms with E-state index in [1.54, 1.807) is 20.8 Å². The molecule has 0 spiro atoms. The van der Waals surface area contributed by atoms with E-state index >= 15 is 0 Å². The summed E-state index contributed by atoms with van der Waals surface area (Å²) in [6.07, 6.45) is -2.67. The molecular formula is C8H15NO4. The molecule has 0 rings (SSSR count). The van der Waals surface area contributed by atoms with Gasteiger partial charge in [-0.15, -0.1) is 0 Å². The largest absolute Gasteiger partial charge is 0.500 e. The third-order valence-corrected chi connectivity index (χ3v) is 1.16. The minimum Gasteiger partial charge on any atom is -0.500 e. The first-order valence-corrected chi connectivity index (χ1v) is 3.83. The molecule has 0 fully saturated rings. The van der Waals surface area contributed by atoms with Gasteiger partial charge in [-0.05, 0) is 20.8 Å². The minimum absolute atomic E-state index is 0.615. The summed E-state index contributed by atoms with van der Waals surface area (Å²) in [5, 5.41) is 17.9. The van der Waals surface area contributed by atoms with Crippen LogP contribution < -0.4 is 5.73 Å². The Labute approximate surface area is 76.8 Å². The molecule has 0 saturated heterocycles. The van der Waals surface area contributed by atoms with Gasteiger partial charge in [0.05, 0.1) is 5.60 Å². The number of rotatable bonds is 3. The second-order valence-electron chi connectivity index (χ2n) is 3.63.